The number of imidazole rings is 1. The van der Waals surface area contributed by atoms with Crippen LogP contribution in [-0.2, 0) is 11.3 Å². The number of carbonyl (C=O) groups is 3. The van der Waals surface area contributed by atoms with Gasteiger partial charge in [0.25, 0.3) is 5.91 Å². The largest absolute Gasteiger partial charge is 0.480 e. The second kappa shape index (κ2) is 9.87. The van der Waals surface area contributed by atoms with Crippen LogP contribution < -0.4 is 5.32 Å². The molecule has 2 N–H and O–H groups in total. The zero-order chi connectivity index (χ0) is 24.1. The van der Waals surface area contributed by atoms with Crippen molar-refractivity contribution in [3.05, 3.63) is 95.1 Å². The standard InChI is InChI=1S/C27H27N3O4/c1-19-9-11-21(12-10-19)23(31)24-28-15-17-30(24)16-5-7-20-6-4-8-22(18-20)25(32)29-27(26(33)34)13-2-3-14-27/h4-12,15,17-18H,2-3,13-14,16H2,1H3,(H,29,32)(H,33,34)/b7-5+. The summed E-state index contributed by atoms with van der Waals surface area (Å²) < 4.78 is 1.77. The van der Waals surface area contributed by atoms with Crippen LogP contribution in [0.2, 0.25) is 0 Å². The van der Waals surface area contributed by atoms with Crippen molar-refractivity contribution in [1.82, 2.24) is 14.9 Å². The summed E-state index contributed by atoms with van der Waals surface area (Å²) in [5.74, 6) is -1.15. The first-order valence-electron chi connectivity index (χ1n) is 11.3. The van der Waals surface area contributed by atoms with Gasteiger partial charge in [-0.05, 0) is 37.5 Å². The van der Waals surface area contributed by atoms with Gasteiger partial charge in [-0.1, -0.05) is 67.0 Å². The first kappa shape index (κ1) is 23.2. The number of aromatic nitrogens is 2. The molecule has 7 heteroatoms. The molecule has 1 fully saturated rings. The number of nitrogens with zero attached hydrogens (tertiary/aromatic N) is 2. The van der Waals surface area contributed by atoms with E-state index in [0.717, 1.165) is 24.0 Å². The normalized spacial score (nSPS) is 14.9. The Bertz CT molecular complexity index is 1230. The summed E-state index contributed by atoms with van der Waals surface area (Å²) in [6.07, 6.45) is 9.57. The molecule has 7 nitrogen and oxygen atoms in total. The summed E-state index contributed by atoms with van der Waals surface area (Å²) in [7, 11) is 0. The predicted octanol–water partition coefficient (Wildman–Crippen LogP) is 4.26. The van der Waals surface area contributed by atoms with E-state index >= 15 is 0 Å². The number of aryl methyl sites for hydroxylation is 1. The van der Waals surface area contributed by atoms with Crippen molar-refractivity contribution in [3.63, 3.8) is 0 Å². The van der Waals surface area contributed by atoms with E-state index in [0.29, 0.717) is 36.3 Å². The van der Waals surface area contributed by atoms with Crippen molar-refractivity contribution in [2.24, 2.45) is 0 Å². The molecule has 1 heterocycles. The van der Waals surface area contributed by atoms with E-state index in [1.807, 2.05) is 37.3 Å². The molecule has 0 saturated heterocycles. The minimum absolute atomic E-state index is 0.142. The molecule has 34 heavy (non-hydrogen) atoms. The smallest absolute Gasteiger partial charge is 0.329 e. The monoisotopic (exact) mass is 457 g/mol. The van der Waals surface area contributed by atoms with Crippen LogP contribution in [0.1, 0.15) is 63.4 Å². The molecule has 3 aromatic rings. The summed E-state index contributed by atoms with van der Waals surface area (Å²) in [4.78, 5) is 41.5. The third kappa shape index (κ3) is 4.98. The van der Waals surface area contributed by atoms with Gasteiger partial charge >= 0.3 is 5.97 Å². The number of amides is 1. The average Bonchev–Trinajstić information content (AvgIpc) is 3.50. The summed E-state index contributed by atoms with van der Waals surface area (Å²) in [5, 5.41) is 12.4. The van der Waals surface area contributed by atoms with E-state index in [1.54, 1.807) is 47.3 Å². The second-order valence-corrected chi connectivity index (χ2v) is 8.67. The predicted molar refractivity (Wildman–Crippen MR) is 129 cm³/mol. The number of hydrogen-bond donors (Lipinski definition) is 2. The maximum absolute atomic E-state index is 12.8. The number of ketones is 1. The molecule has 0 spiro atoms. The number of nitrogens with one attached hydrogen (secondary N) is 1. The number of carboxylic acids is 1. The third-order valence-corrected chi connectivity index (χ3v) is 6.21. The molecule has 4 rings (SSSR count). The Balaban J connectivity index is 1.44. The zero-order valence-electron chi connectivity index (χ0n) is 19.0. The molecule has 174 valence electrons. The van der Waals surface area contributed by atoms with Crippen LogP contribution >= 0.6 is 0 Å². The van der Waals surface area contributed by atoms with Crippen LogP contribution in [0.25, 0.3) is 6.08 Å². The Morgan fingerprint density at radius 2 is 1.82 bits per heavy atom. The number of carbonyl (C=O) groups excluding carboxylic acids is 2. The van der Waals surface area contributed by atoms with Gasteiger partial charge in [0.15, 0.2) is 5.82 Å². The average molecular weight is 458 g/mol. The molecular weight excluding hydrogens is 430 g/mol. The van der Waals surface area contributed by atoms with Crippen LogP contribution in [0.15, 0.2) is 67.0 Å². The summed E-state index contributed by atoms with van der Waals surface area (Å²) in [5.41, 5.74) is 1.70. The van der Waals surface area contributed by atoms with Crippen LogP contribution in [0.4, 0.5) is 0 Å². The molecule has 1 saturated carbocycles. The Hall–Kier alpha value is -4.00. The maximum atomic E-state index is 12.8. The summed E-state index contributed by atoms with van der Waals surface area (Å²) >= 11 is 0. The first-order chi connectivity index (χ1) is 16.4. The molecule has 2 aromatic carbocycles. The van der Waals surface area contributed by atoms with Crippen molar-refractivity contribution in [3.8, 4) is 0 Å². The van der Waals surface area contributed by atoms with Gasteiger partial charge in [-0.15, -0.1) is 0 Å². The Morgan fingerprint density at radius 3 is 2.53 bits per heavy atom. The topological polar surface area (TPSA) is 101 Å². The quantitative estimate of drug-likeness (QED) is 0.492. The number of carboxylic acid groups (broad SMARTS) is 1. The second-order valence-electron chi connectivity index (χ2n) is 8.67. The minimum atomic E-state index is -1.18. The van der Waals surface area contributed by atoms with E-state index in [2.05, 4.69) is 10.3 Å². The van der Waals surface area contributed by atoms with Crippen LogP contribution in [0, 0.1) is 6.92 Å². The highest BCUT2D eigenvalue weighted by atomic mass is 16.4. The number of allylic oxidation sites excluding steroid dienone is 1. The van der Waals surface area contributed by atoms with Crippen molar-refractivity contribution in [1.29, 1.82) is 0 Å². The lowest BCUT2D eigenvalue weighted by atomic mass is 9.97. The number of rotatable bonds is 8. The molecule has 0 aliphatic heterocycles. The summed E-state index contributed by atoms with van der Waals surface area (Å²) in [6.45, 7) is 2.41. The van der Waals surface area contributed by atoms with Gasteiger partial charge in [0, 0.05) is 30.1 Å². The number of benzene rings is 2. The first-order valence-corrected chi connectivity index (χ1v) is 11.3. The molecule has 1 amide bonds. The van der Waals surface area contributed by atoms with Crippen LogP contribution in [0.3, 0.4) is 0 Å². The molecular formula is C27H27N3O4. The number of aliphatic carboxylic acids is 1. The van der Waals surface area contributed by atoms with E-state index in [1.165, 1.54) is 0 Å². The highest BCUT2D eigenvalue weighted by molar-refractivity contribution is 6.06. The third-order valence-electron chi connectivity index (χ3n) is 6.21. The minimum Gasteiger partial charge on any atom is -0.480 e. The lowest BCUT2D eigenvalue weighted by Crippen LogP contribution is -2.52. The summed E-state index contributed by atoms with van der Waals surface area (Å²) in [6, 6.07) is 14.4. The van der Waals surface area contributed by atoms with Gasteiger partial charge in [-0.2, -0.15) is 0 Å². The molecule has 0 atom stereocenters. The van der Waals surface area contributed by atoms with Gasteiger partial charge in [0.2, 0.25) is 5.78 Å². The molecule has 1 aromatic heterocycles. The van der Waals surface area contributed by atoms with Crippen LogP contribution in [-0.4, -0.2) is 37.9 Å². The maximum Gasteiger partial charge on any atom is 0.329 e. The van der Waals surface area contributed by atoms with Crippen molar-refractivity contribution < 1.29 is 19.5 Å². The van der Waals surface area contributed by atoms with Crippen molar-refractivity contribution in [2.45, 2.75) is 44.7 Å². The molecule has 0 unspecified atom stereocenters. The van der Waals surface area contributed by atoms with Crippen molar-refractivity contribution >= 4 is 23.7 Å². The molecule has 1 aliphatic rings. The fourth-order valence-corrected chi connectivity index (χ4v) is 4.25. The van der Waals surface area contributed by atoms with E-state index < -0.39 is 11.5 Å². The fourth-order valence-electron chi connectivity index (χ4n) is 4.25. The SMILES string of the molecule is Cc1ccc(C(=O)c2nccn2C/C=C/c2cccc(C(=O)NC3(C(=O)O)CCCC3)c2)cc1. The Kier molecular flexibility index (Phi) is 6.72. The van der Waals surface area contributed by atoms with E-state index in [-0.39, 0.29) is 11.7 Å². The van der Waals surface area contributed by atoms with Gasteiger partial charge < -0.3 is 15.0 Å². The lowest BCUT2D eigenvalue weighted by molar-refractivity contribution is -0.144. The number of hydrogen-bond acceptors (Lipinski definition) is 4. The Morgan fingerprint density at radius 1 is 1.09 bits per heavy atom. The highest BCUT2D eigenvalue weighted by Gasteiger charge is 2.42. The van der Waals surface area contributed by atoms with Gasteiger partial charge in [-0.25, -0.2) is 9.78 Å². The van der Waals surface area contributed by atoms with E-state index in [9.17, 15) is 19.5 Å². The van der Waals surface area contributed by atoms with Crippen LogP contribution in [0.5, 0.6) is 0 Å². The van der Waals surface area contributed by atoms with Crippen molar-refractivity contribution in [2.75, 3.05) is 0 Å². The Labute approximate surface area is 198 Å². The van der Waals surface area contributed by atoms with Gasteiger partial charge in [-0.3, -0.25) is 9.59 Å². The fraction of sp³-hybridized carbons (Fsp3) is 0.259. The lowest BCUT2D eigenvalue weighted by Gasteiger charge is -2.25. The van der Waals surface area contributed by atoms with E-state index in [4.69, 9.17) is 0 Å². The molecule has 0 radical (unpaired) electrons. The van der Waals surface area contributed by atoms with Gasteiger partial charge in [0.05, 0.1) is 0 Å². The zero-order valence-corrected chi connectivity index (χ0v) is 19.0. The highest BCUT2D eigenvalue weighted by Crippen LogP contribution is 2.30. The molecule has 0 bridgehead atoms. The molecule has 1 aliphatic carbocycles. The van der Waals surface area contributed by atoms with Gasteiger partial charge in [0.1, 0.15) is 5.54 Å².